The smallest absolute Gasteiger partial charge is 0.163 e. The lowest BCUT2D eigenvalue weighted by atomic mass is 9.97. The summed E-state index contributed by atoms with van der Waals surface area (Å²) in [4.78, 5) is 0. The highest BCUT2D eigenvalue weighted by atomic mass is 19.1. The summed E-state index contributed by atoms with van der Waals surface area (Å²) in [6.07, 6.45) is 3.85. The highest BCUT2D eigenvalue weighted by Crippen LogP contribution is 2.23. The molecule has 3 heterocycles. The maximum atomic E-state index is 13.0. The molecule has 84 valence electrons. The van der Waals surface area contributed by atoms with Gasteiger partial charge in [-0.05, 0) is 32.0 Å². The largest absolute Gasteiger partial charge is 0.317 e. The van der Waals surface area contributed by atoms with E-state index >= 15 is 0 Å². The fourth-order valence-electron chi connectivity index (χ4n) is 2.24. The molecule has 0 aromatic carbocycles. The van der Waals surface area contributed by atoms with Gasteiger partial charge in [0.1, 0.15) is 11.6 Å². The highest BCUT2D eigenvalue weighted by Gasteiger charge is 2.20. The van der Waals surface area contributed by atoms with Gasteiger partial charge in [-0.25, -0.2) is 4.39 Å². The Kier molecular flexibility index (Phi) is 2.32. The Morgan fingerprint density at radius 2 is 2.12 bits per heavy atom. The molecule has 2 aromatic rings. The second-order valence-electron chi connectivity index (χ2n) is 4.16. The van der Waals surface area contributed by atoms with Crippen LogP contribution in [0.2, 0.25) is 0 Å². The number of nitrogens with one attached hydrogen (secondary N) is 1. The normalized spacial score (nSPS) is 18.1. The van der Waals surface area contributed by atoms with E-state index in [9.17, 15) is 4.39 Å². The van der Waals surface area contributed by atoms with Crippen LogP contribution in [-0.2, 0) is 0 Å². The van der Waals surface area contributed by atoms with E-state index in [-0.39, 0.29) is 5.82 Å². The van der Waals surface area contributed by atoms with Crippen molar-refractivity contribution in [3.8, 4) is 0 Å². The molecule has 0 aliphatic carbocycles. The van der Waals surface area contributed by atoms with Gasteiger partial charge in [0, 0.05) is 18.2 Å². The molecular weight excluding hydrogens is 207 g/mol. The van der Waals surface area contributed by atoms with Crippen molar-refractivity contribution in [2.75, 3.05) is 13.1 Å². The second-order valence-corrected chi connectivity index (χ2v) is 4.16. The molecule has 1 fully saturated rings. The van der Waals surface area contributed by atoms with Gasteiger partial charge in [0.2, 0.25) is 0 Å². The van der Waals surface area contributed by atoms with Crippen LogP contribution >= 0.6 is 0 Å². The minimum atomic E-state index is -0.267. The zero-order valence-electron chi connectivity index (χ0n) is 8.86. The molecule has 4 nitrogen and oxygen atoms in total. The fraction of sp³-hybridized carbons (Fsp3) is 0.455. The number of pyridine rings is 1. The Morgan fingerprint density at radius 3 is 2.94 bits per heavy atom. The maximum Gasteiger partial charge on any atom is 0.163 e. The average molecular weight is 220 g/mol. The Morgan fingerprint density at radius 1 is 1.31 bits per heavy atom. The second kappa shape index (κ2) is 3.83. The van der Waals surface area contributed by atoms with E-state index in [1.165, 1.54) is 12.1 Å². The Bertz CT molecular complexity index is 502. The van der Waals surface area contributed by atoms with Crippen molar-refractivity contribution in [1.29, 1.82) is 0 Å². The number of aromatic nitrogens is 3. The highest BCUT2D eigenvalue weighted by molar-refractivity contribution is 5.38. The first-order chi connectivity index (χ1) is 7.84. The average Bonchev–Trinajstić information content (AvgIpc) is 2.73. The van der Waals surface area contributed by atoms with Crippen molar-refractivity contribution < 1.29 is 4.39 Å². The first kappa shape index (κ1) is 9.72. The first-order valence-electron chi connectivity index (χ1n) is 5.55. The molecule has 0 amide bonds. The topological polar surface area (TPSA) is 42.2 Å². The third-order valence-corrected chi connectivity index (χ3v) is 3.10. The van der Waals surface area contributed by atoms with Crippen molar-refractivity contribution in [2.45, 2.75) is 18.8 Å². The van der Waals surface area contributed by atoms with Crippen LogP contribution in [0.5, 0.6) is 0 Å². The monoisotopic (exact) mass is 220 g/mol. The number of nitrogens with zero attached hydrogens (tertiary/aromatic N) is 3. The molecule has 0 bridgehead atoms. The van der Waals surface area contributed by atoms with Gasteiger partial charge in [0.15, 0.2) is 5.65 Å². The minimum absolute atomic E-state index is 0.267. The van der Waals surface area contributed by atoms with Gasteiger partial charge in [0.25, 0.3) is 0 Å². The van der Waals surface area contributed by atoms with E-state index in [0.29, 0.717) is 11.6 Å². The molecule has 0 spiro atoms. The molecule has 1 N–H and O–H groups in total. The third-order valence-electron chi connectivity index (χ3n) is 3.10. The predicted molar refractivity (Wildman–Crippen MR) is 57.8 cm³/mol. The quantitative estimate of drug-likeness (QED) is 0.788. The van der Waals surface area contributed by atoms with Crippen LogP contribution in [0.1, 0.15) is 24.6 Å². The van der Waals surface area contributed by atoms with Gasteiger partial charge in [-0.15, -0.1) is 10.2 Å². The van der Waals surface area contributed by atoms with Gasteiger partial charge >= 0.3 is 0 Å². The third kappa shape index (κ3) is 1.57. The fourth-order valence-corrected chi connectivity index (χ4v) is 2.24. The van der Waals surface area contributed by atoms with Gasteiger partial charge < -0.3 is 5.32 Å². The van der Waals surface area contributed by atoms with Gasteiger partial charge in [-0.3, -0.25) is 4.40 Å². The minimum Gasteiger partial charge on any atom is -0.317 e. The summed E-state index contributed by atoms with van der Waals surface area (Å²) in [6, 6.07) is 2.86. The van der Waals surface area contributed by atoms with Crippen LogP contribution in [0.3, 0.4) is 0 Å². The van der Waals surface area contributed by atoms with E-state index in [4.69, 9.17) is 0 Å². The van der Waals surface area contributed by atoms with E-state index in [1.807, 2.05) is 4.40 Å². The van der Waals surface area contributed by atoms with E-state index in [2.05, 4.69) is 15.5 Å². The summed E-state index contributed by atoms with van der Waals surface area (Å²) in [5.41, 5.74) is 0.591. The molecule has 0 radical (unpaired) electrons. The number of rotatable bonds is 1. The van der Waals surface area contributed by atoms with Gasteiger partial charge in [-0.2, -0.15) is 0 Å². The molecule has 5 heteroatoms. The summed E-state index contributed by atoms with van der Waals surface area (Å²) in [7, 11) is 0. The Balaban J connectivity index is 2.03. The zero-order chi connectivity index (χ0) is 11.0. The molecule has 1 aliphatic heterocycles. The number of hydrogen-bond acceptors (Lipinski definition) is 3. The van der Waals surface area contributed by atoms with Crippen LogP contribution in [0.4, 0.5) is 4.39 Å². The van der Waals surface area contributed by atoms with E-state index in [0.717, 1.165) is 31.8 Å². The van der Waals surface area contributed by atoms with Crippen LogP contribution in [0.15, 0.2) is 18.3 Å². The number of halogens is 1. The lowest BCUT2D eigenvalue weighted by Gasteiger charge is -2.20. The summed E-state index contributed by atoms with van der Waals surface area (Å²) in [5.74, 6) is 1.12. The van der Waals surface area contributed by atoms with Gasteiger partial charge in [0.05, 0.1) is 0 Å². The molecule has 0 atom stereocenters. The number of hydrogen-bond donors (Lipinski definition) is 1. The maximum absolute atomic E-state index is 13.0. The van der Waals surface area contributed by atoms with Crippen molar-refractivity contribution in [2.24, 2.45) is 0 Å². The standard InChI is InChI=1S/C11H13FN4/c12-9-3-6-16-10(7-9)14-15-11(16)8-1-4-13-5-2-8/h3,6-8,13H,1-2,4-5H2. The zero-order valence-corrected chi connectivity index (χ0v) is 8.86. The van der Waals surface area contributed by atoms with Crippen LogP contribution < -0.4 is 5.32 Å². The Labute approximate surface area is 92.5 Å². The van der Waals surface area contributed by atoms with E-state index in [1.54, 1.807) is 6.20 Å². The molecule has 0 saturated carbocycles. The SMILES string of the molecule is Fc1ccn2c(C3CCNCC3)nnc2c1. The van der Waals surface area contributed by atoms with E-state index < -0.39 is 0 Å². The van der Waals surface area contributed by atoms with Crippen molar-refractivity contribution in [1.82, 2.24) is 19.9 Å². The Hall–Kier alpha value is -1.49. The van der Waals surface area contributed by atoms with Crippen molar-refractivity contribution in [3.63, 3.8) is 0 Å². The van der Waals surface area contributed by atoms with Crippen molar-refractivity contribution >= 4 is 5.65 Å². The van der Waals surface area contributed by atoms with Crippen LogP contribution in [0.25, 0.3) is 5.65 Å². The van der Waals surface area contributed by atoms with Crippen LogP contribution in [0, 0.1) is 5.82 Å². The number of piperidine rings is 1. The predicted octanol–water partition coefficient (Wildman–Crippen LogP) is 1.34. The summed E-state index contributed by atoms with van der Waals surface area (Å²) in [5, 5.41) is 11.5. The number of fused-ring (bicyclic) bond motifs is 1. The molecule has 1 aliphatic rings. The molecule has 16 heavy (non-hydrogen) atoms. The summed E-state index contributed by atoms with van der Waals surface area (Å²) in [6.45, 7) is 2.03. The molecular formula is C11H13FN4. The lowest BCUT2D eigenvalue weighted by molar-refractivity contribution is 0.442. The van der Waals surface area contributed by atoms with Gasteiger partial charge in [-0.1, -0.05) is 0 Å². The summed E-state index contributed by atoms with van der Waals surface area (Å²) < 4.78 is 14.9. The van der Waals surface area contributed by atoms with Crippen molar-refractivity contribution in [3.05, 3.63) is 30.0 Å². The molecule has 2 aromatic heterocycles. The molecule has 1 saturated heterocycles. The molecule has 3 rings (SSSR count). The summed E-state index contributed by atoms with van der Waals surface area (Å²) >= 11 is 0. The first-order valence-corrected chi connectivity index (χ1v) is 5.55. The lowest BCUT2D eigenvalue weighted by Crippen LogP contribution is -2.27. The molecule has 0 unspecified atom stereocenters. The van der Waals surface area contributed by atoms with Crippen LogP contribution in [-0.4, -0.2) is 27.7 Å².